The van der Waals surface area contributed by atoms with Gasteiger partial charge >= 0.3 is 11.9 Å². The van der Waals surface area contributed by atoms with Gasteiger partial charge in [0.05, 0.1) is 5.41 Å². The van der Waals surface area contributed by atoms with Crippen molar-refractivity contribution in [2.45, 2.75) is 71.3 Å². The minimum Gasteiger partial charge on any atom is -0.465 e. The molecule has 0 radical (unpaired) electrons. The highest BCUT2D eigenvalue weighted by molar-refractivity contribution is 5.77. The fourth-order valence-corrected chi connectivity index (χ4v) is 3.25. The lowest BCUT2D eigenvalue weighted by Gasteiger charge is -2.46. The molecule has 0 aromatic heterocycles. The van der Waals surface area contributed by atoms with E-state index >= 15 is 0 Å². The molecule has 20 heavy (non-hydrogen) atoms. The third-order valence-electron chi connectivity index (χ3n) is 5.20. The Morgan fingerprint density at radius 3 is 2.20 bits per heavy atom. The van der Waals surface area contributed by atoms with E-state index in [1.165, 1.54) is 26.2 Å². The predicted molar refractivity (Wildman–Crippen MR) is 75.0 cm³/mol. The first kappa shape index (κ1) is 15.3. The molecule has 0 aromatic carbocycles. The summed E-state index contributed by atoms with van der Waals surface area (Å²) in [5.41, 5.74) is -0.965. The van der Waals surface area contributed by atoms with Crippen LogP contribution in [0.1, 0.15) is 65.7 Å². The maximum atomic E-state index is 12.5. The van der Waals surface area contributed by atoms with Gasteiger partial charge in [-0.05, 0) is 57.8 Å². The van der Waals surface area contributed by atoms with Crippen molar-refractivity contribution in [3.05, 3.63) is 0 Å². The Balaban J connectivity index is 1.99. The van der Waals surface area contributed by atoms with Crippen molar-refractivity contribution >= 4 is 11.9 Å². The second-order valence-corrected chi connectivity index (χ2v) is 6.75. The fraction of sp³-hybridized carbons (Fsp3) is 0.875. The van der Waals surface area contributed by atoms with Gasteiger partial charge in [-0.2, -0.15) is 0 Å². The lowest BCUT2D eigenvalue weighted by atomic mass is 9.67. The Morgan fingerprint density at radius 2 is 1.75 bits per heavy atom. The average Bonchev–Trinajstić information content (AvgIpc) is 2.46. The summed E-state index contributed by atoms with van der Waals surface area (Å²) in [6.45, 7) is 5.22. The summed E-state index contributed by atoms with van der Waals surface area (Å²) in [6.07, 6.45) is 7.14. The molecule has 0 aliphatic heterocycles. The largest absolute Gasteiger partial charge is 0.465 e. The molecule has 0 amide bonds. The van der Waals surface area contributed by atoms with Crippen LogP contribution < -0.4 is 0 Å². The summed E-state index contributed by atoms with van der Waals surface area (Å²) >= 11 is 0. The van der Waals surface area contributed by atoms with Crippen LogP contribution in [-0.2, 0) is 19.1 Å². The minimum atomic E-state index is -0.727. The van der Waals surface area contributed by atoms with E-state index in [2.05, 4.69) is 0 Å². The summed E-state index contributed by atoms with van der Waals surface area (Å²) < 4.78 is 11.0. The zero-order valence-electron chi connectivity index (χ0n) is 12.9. The highest BCUT2D eigenvalue weighted by Crippen LogP contribution is 2.47. The molecule has 3 fully saturated rings. The van der Waals surface area contributed by atoms with Crippen LogP contribution in [0.2, 0.25) is 0 Å². The van der Waals surface area contributed by atoms with Crippen LogP contribution >= 0.6 is 0 Å². The number of carbonyl (C=O) groups is 2. The van der Waals surface area contributed by atoms with Crippen LogP contribution in [0.15, 0.2) is 0 Å². The Hall–Kier alpha value is -1.06. The minimum absolute atomic E-state index is 0.108. The number of hydrogen-bond acceptors (Lipinski definition) is 4. The van der Waals surface area contributed by atoms with Gasteiger partial charge in [0.25, 0.3) is 0 Å². The lowest BCUT2D eigenvalue weighted by molar-refractivity contribution is -0.186. The average molecular weight is 282 g/mol. The molecule has 4 heteroatoms. The molecule has 0 N–H and O–H groups in total. The van der Waals surface area contributed by atoms with Crippen molar-refractivity contribution < 1.29 is 19.1 Å². The second-order valence-electron chi connectivity index (χ2n) is 6.75. The molecular formula is C16H26O4. The number of esters is 2. The molecule has 0 aromatic rings. The van der Waals surface area contributed by atoms with Crippen LogP contribution in [0, 0.1) is 11.3 Å². The Morgan fingerprint density at radius 1 is 1.20 bits per heavy atom. The molecule has 1 unspecified atom stereocenters. The SMILES string of the molecule is CCC(C)(COC(C)=O)C(=O)OC12CCC(CC1)CC2. The van der Waals surface area contributed by atoms with Crippen molar-refractivity contribution in [1.82, 2.24) is 0 Å². The van der Waals surface area contributed by atoms with E-state index in [0.29, 0.717) is 6.42 Å². The maximum absolute atomic E-state index is 12.5. The van der Waals surface area contributed by atoms with Crippen LogP contribution in [-0.4, -0.2) is 24.1 Å². The molecule has 0 saturated heterocycles. The highest BCUT2D eigenvalue weighted by Gasteiger charge is 2.46. The molecule has 2 bridgehead atoms. The quantitative estimate of drug-likeness (QED) is 0.726. The van der Waals surface area contributed by atoms with Gasteiger partial charge in [0.2, 0.25) is 0 Å². The van der Waals surface area contributed by atoms with E-state index in [9.17, 15) is 9.59 Å². The number of rotatable bonds is 5. The molecule has 4 nitrogen and oxygen atoms in total. The van der Waals surface area contributed by atoms with Gasteiger partial charge in [-0.25, -0.2) is 0 Å². The first-order valence-corrected chi connectivity index (χ1v) is 7.76. The number of fused-ring (bicyclic) bond motifs is 3. The topological polar surface area (TPSA) is 52.6 Å². The molecule has 3 aliphatic rings. The van der Waals surface area contributed by atoms with Gasteiger partial charge in [0.15, 0.2) is 0 Å². The van der Waals surface area contributed by atoms with Crippen LogP contribution in [0.5, 0.6) is 0 Å². The monoisotopic (exact) mass is 282 g/mol. The fourth-order valence-electron chi connectivity index (χ4n) is 3.25. The molecule has 1 atom stereocenters. The van der Waals surface area contributed by atoms with Crippen molar-refractivity contribution in [2.75, 3.05) is 6.61 Å². The first-order valence-electron chi connectivity index (χ1n) is 7.76. The summed E-state index contributed by atoms with van der Waals surface area (Å²) in [4.78, 5) is 23.5. The van der Waals surface area contributed by atoms with Gasteiger partial charge < -0.3 is 9.47 Å². The second kappa shape index (κ2) is 5.74. The summed E-state index contributed by atoms with van der Waals surface area (Å²) in [6, 6.07) is 0. The number of ether oxygens (including phenoxy) is 2. The summed E-state index contributed by atoms with van der Waals surface area (Å²) in [5, 5.41) is 0. The Labute approximate surface area is 121 Å². The molecule has 0 heterocycles. The van der Waals surface area contributed by atoms with Gasteiger partial charge in [0.1, 0.15) is 12.2 Å². The van der Waals surface area contributed by atoms with E-state index in [1.807, 2.05) is 13.8 Å². The molecule has 0 spiro atoms. The van der Waals surface area contributed by atoms with Crippen LogP contribution in [0.3, 0.4) is 0 Å². The first-order chi connectivity index (χ1) is 9.39. The number of carbonyl (C=O) groups excluding carboxylic acids is 2. The third-order valence-corrected chi connectivity index (χ3v) is 5.20. The smallest absolute Gasteiger partial charge is 0.315 e. The molecular weight excluding hydrogens is 256 g/mol. The zero-order chi connectivity index (χ0) is 14.8. The zero-order valence-corrected chi connectivity index (χ0v) is 12.9. The van der Waals surface area contributed by atoms with E-state index in [4.69, 9.17) is 9.47 Å². The lowest BCUT2D eigenvalue weighted by Crippen LogP contribution is -2.47. The molecule has 3 rings (SSSR count). The Kier molecular flexibility index (Phi) is 4.40. The van der Waals surface area contributed by atoms with Crippen LogP contribution in [0.25, 0.3) is 0 Å². The van der Waals surface area contributed by atoms with E-state index in [-0.39, 0.29) is 24.1 Å². The van der Waals surface area contributed by atoms with Crippen molar-refractivity contribution in [1.29, 1.82) is 0 Å². The van der Waals surface area contributed by atoms with Gasteiger partial charge in [-0.15, -0.1) is 0 Å². The van der Waals surface area contributed by atoms with Gasteiger partial charge in [-0.1, -0.05) is 6.92 Å². The van der Waals surface area contributed by atoms with E-state index in [0.717, 1.165) is 25.2 Å². The van der Waals surface area contributed by atoms with E-state index < -0.39 is 5.41 Å². The Bertz CT molecular complexity index is 368. The van der Waals surface area contributed by atoms with E-state index in [1.54, 1.807) is 0 Å². The molecule has 3 saturated carbocycles. The molecule has 3 aliphatic carbocycles. The highest BCUT2D eigenvalue weighted by atomic mass is 16.6. The third kappa shape index (κ3) is 3.15. The normalized spacial score (nSPS) is 31.4. The standard InChI is InChI=1S/C16H26O4/c1-4-15(3,11-19-12(2)17)14(18)20-16-8-5-13(6-9-16)7-10-16/h13H,4-11H2,1-3H3. The van der Waals surface area contributed by atoms with Gasteiger partial charge in [0, 0.05) is 6.92 Å². The van der Waals surface area contributed by atoms with Crippen molar-refractivity contribution in [2.24, 2.45) is 11.3 Å². The summed E-state index contributed by atoms with van der Waals surface area (Å²) in [7, 11) is 0. The van der Waals surface area contributed by atoms with Crippen molar-refractivity contribution in [3.8, 4) is 0 Å². The van der Waals surface area contributed by atoms with Crippen LogP contribution in [0.4, 0.5) is 0 Å². The van der Waals surface area contributed by atoms with Gasteiger partial charge in [-0.3, -0.25) is 9.59 Å². The molecule has 114 valence electrons. The maximum Gasteiger partial charge on any atom is 0.315 e. The van der Waals surface area contributed by atoms with Crippen molar-refractivity contribution in [3.63, 3.8) is 0 Å². The number of hydrogen-bond donors (Lipinski definition) is 0. The predicted octanol–water partition coefficient (Wildman–Crippen LogP) is 3.23. The summed E-state index contributed by atoms with van der Waals surface area (Å²) in [5.74, 6) is 0.282.